The van der Waals surface area contributed by atoms with Gasteiger partial charge >= 0.3 is 5.69 Å². The molecule has 23 heavy (non-hydrogen) atoms. The number of benzene rings is 1. The van der Waals surface area contributed by atoms with Gasteiger partial charge in [0.25, 0.3) is 0 Å². The number of rotatable bonds is 7. The molecule has 0 aliphatic rings. The third-order valence-electron chi connectivity index (χ3n) is 2.89. The summed E-state index contributed by atoms with van der Waals surface area (Å²) in [6.07, 6.45) is 1.25. The summed E-state index contributed by atoms with van der Waals surface area (Å²) in [6, 6.07) is 6.68. The van der Waals surface area contributed by atoms with E-state index in [9.17, 15) is 10.1 Å². The standard InChI is InChI=1S/C14H16ClN5O3/c1-9(7-23-2)18-13-12(20(21)22)14(17-8-16-13)19-11-5-3-4-10(15)6-11/h3-6,8-9H,7H2,1-2H3,(H2,16,17,18,19). The second kappa shape index (κ2) is 7.70. The minimum Gasteiger partial charge on any atom is -0.383 e. The monoisotopic (exact) mass is 337 g/mol. The summed E-state index contributed by atoms with van der Waals surface area (Å²) in [7, 11) is 1.55. The topological polar surface area (TPSA) is 102 Å². The maximum Gasteiger partial charge on any atom is 0.353 e. The van der Waals surface area contributed by atoms with E-state index in [-0.39, 0.29) is 23.4 Å². The lowest BCUT2D eigenvalue weighted by atomic mass is 10.3. The lowest BCUT2D eigenvalue weighted by molar-refractivity contribution is -0.383. The van der Waals surface area contributed by atoms with Gasteiger partial charge in [0.1, 0.15) is 6.33 Å². The maximum absolute atomic E-state index is 11.4. The maximum atomic E-state index is 11.4. The Bertz CT molecular complexity index is 698. The fraction of sp³-hybridized carbons (Fsp3) is 0.286. The molecular formula is C14H16ClN5O3. The first-order chi connectivity index (χ1) is 11.0. The third-order valence-corrected chi connectivity index (χ3v) is 3.13. The van der Waals surface area contributed by atoms with Crippen LogP contribution in [0.25, 0.3) is 0 Å². The number of hydrogen-bond acceptors (Lipinski definition) is 7. The zero-order chi connectivity index (χ0) is 16.8. The SMILES string of the molecule is COCC(C)Nc1ncnc(Nc2cccc(Cl)c2)c1[N+](=O)[O-]. The average Bonchev–Trinajstić information content (AvgIpc) is 2.47. The van der Waals surface area contributed by atoms with E-state index in [1.165, 1.54) is 6.33 Å². The van der Waals surface area contributed by atoms with E-state index in [1.807, 2.05) is 6.92 Å². The van der Waals surface area contributed by atoms with Crippen molar-refractivity contribution in [3.63, 3.8) is 0 Å². The summed E-state index contributed by atoms with van der Waals surface area (Å²) in [5, 5.41) is 17.8. The fourth-order valence-electron chi connectivity index (χ4n) is 1.98. The Morgan fingerprint density at radius 3 is 2.78 bits per heavy atom. The van der Waals surface area contributed by atoms with Gasteiger partial charge in [0.2, 0.25) is 11.6 Å². The predicted molar refractivity (Wildman–Crippen MR) is 88.4 cm³/mol. The van der Waals surface area contributed by atoms with Gasteiger partial charge in [0.15, 0.2) is 0 Å². The molecule has 1 aromatic heterocycles. The van der Waals surface area contributed by atoms with Crippen LogP contribution in [-0.4, -0.2) is 34.6 Å². The number of nitro groups is 1. The summed E-state index contributed by atoms with van der Waals surface area (Å²) < 4.78 is 5.01. The zero-order valence-corrected chi connectivity index (χ0v) is 13.4. The molecule has 1 aromatic carbocycles. The number of nitrogens with zero attached hydrogens (tertiary/aromatic N) is 3. The number of anilines is 3. The van der Waals surface area contributed by atoms with Crippen LogP contribution in [0.5, 0.6) is 0 Å². The van der Waals surface area contributed by atoms with Crippen LogP contribution in [0.3, 0.4) is 0 Å². The molecule has 1 atom stereocenters. The van der Waals surface area contributed by atoms with Gasteiger partial charge in [-0.15, -0.1) is 0 Å². The molecule has 2 N–H and O–H groups in total. The number of methoxy groups -OCH3 is 1. The quantitative estimate of drug-likeness (QED) is 0.590. The molecule has 0 amide bonds. The summed E-state index contributed by atoms with van der Waals surface area (Å²) >= 11 is 5.92. The highest BCUT2D eigenvalue weighted by molar-refractivity contribution is 6.30. The molecule has 1 unspecified atom stereocenters. The van der Waals surface area contributed by atoms with Crippen molar-refractivity contribution in [2.75, 3.05) is 24.4 Å². The first-order valence-corrected chi connectivity index (χ1v) is 7.16. The Balaban J connectivity index is 2.34. The van der Waals surface area contributed by atoms with Gasteiger partial charge in [-0.2, -0.15) is 0 Å². The lowest BCUT2D eigenvalue weighted by Crippen LogP contribution is -2.22. The molecule has 0 aliphatic carbocycles. The first-order valence-electron chi connectivity index (χ1n) is 6.78. The van der Waals surface area contributed by atoms with Crippen LogP contribution in [0.2, 0.25) is 5.02 Å². The van der Waals surface area contributed by atoms with Crippen molar-refractivity contribution in [3.05, 3.63) is 45.7 Å². The van der Waals surface area contributed by atoms with Gasteiger partial charge in [-0.25, -0.2) is 9.97 Å². The number of hydrogen-bond donors (Lipinski definition) is 2. The smallest absolute Gasteiger partial charge is 0.353 e. The van der Waals surface area contributed by atoms with Crippen LogP contribution >= 0.6 is 11.6 Å². The molecule has 122 valence electrons. The van der Waals surface area contributed by atoms with Crippen molar-refractivity contribution in [3.8, 4) is 0 Å². The van der Waals surface area contributed by atoms with E-state index in [4.69, 9.17) is 16.3 Å². The van der Waals surface area contributed by atoms with E-state index >= 15 is 0 Å². The molecule has 2 aromatic rings. The minimum absolute atomic E-state index is 0.0828. The molecule has 0 saturated carbocycles. The van der Waals surface area contributed by atoms with E-state index in [0.29, 0.717) is 17.3 Å². The molecule has 0 saturated heterocycles. The molecule has 0 bridgehead atoms. The zero-order valence-electron chi connectivity index (χ0n) is 12.6. The Labute approximate surface area is 138 Å². The Kier molecular flexibility index (Phi) is 5.67. The Morgan fingerprint density at radius 2 is 2.13 bits per heavy atom. The van der Waals surface area contributed by atoms with Crippen molar-refractivity contribution in [1.29, 1.82) is 0 Å². The fourth-order valence-corrected chi connectivity index (χ4v) is 2.17. The molecule has 9 heteroatoms. The molecule has 1 heterocycles. The molecule has 0 fully saturated rings. The van der Waals surface area contributed by atoms with Crippen LogP contribution in [0.4, 0.5) is 23.0 Å². The highest BCUT2D eigenvalue weighted by Crippen LogP contribution is 2.31. The van der Waals surface area contributed by atoms with Gasteiger partial charge in [-0.3, -0.25) is 10.1 Å². The summed E-state index contributed by atoms with van der Waals surface area (Å²) in [4.78, 5) is 18.8. The second-order valence-corrected chi connectivity index (χ2v) is 5.25. The highest BCUT2D eigenvalue weighted by atomic mass is 35.5. The van der Waals surface area contributed by atoms with Gasteiger partial charge in [-0.05, 0) is 25.1 Å². The van der Waals surface area contributed by atoms with Gasteiger partial charge in [0.05, 0.1) is 11.5 Å². The largest absolute Gasteiger partial charge is 0.383 e. The number of halogens is 1. The molecular weight excluding hydrogens is 322 g/mol. The van der Waals surface area contributed by atoms with Crippen LogP contribution < -0.4 is 10.6 Å². The van der Waals surface area contributed by atoms with Gasteiger partial charge in [0, 0.05) is 23.9 Å². The molecule has 8 nitrogen and oxygen atoms in total. The van der Waals surface area contributed by atoms with Crippen LogP contribution in [0.15, 0.2) is 30.6 Å². The predicted octanol–water partition coefficient (Wildman–Crippen LogP) is 3.23. The van der Waals surface area contributed by atoms with Crippen molar-refractivity contribution in [1.82, 2.24) is 9.97 Å². The number of ether oxygens (including phenoxy) is 1. The molecule has 0 aliphatic heterocycles. The molecule has 0 radical (unpaired) electrons. The average molecular weight is 338 g/mol. The van der Waals surface area contributed by atoms with Crippen molar-refractivity contribution >= 4 is 34.6 Å². The summed E-state index contributed by atoms with van der Waals surface area (Å²) in [5.74, 6) is 0.207. The minimum atomic E-state index is -0.533. The van der Waals surface area contributed by atoms with Gasteiger partial charge < -0.3 is 15.4 Å². The molecule has 2 rings (SSSR count). The van der Waals surface area contributed by atoms with E-state index in [1.54, 1.807) is 31.4 Å². The van der Waals surface area contributed by atoms with Crippen molar-refractivity contribution < 1.29 is 9.66 Å². The molecule has 0 spiro atoms. The van der Waals surface area contributed by atoms with Crippen LogP contribution in [0, 0.1) is 10.1 Å². The van der Waals surface area contributed by atoms with E-state index < -0.39 is 4.92 Å². The lowest BCUT2D eigenvalue weighted by Gasteiger charge is -2.14. The summed E-state index contributed by atoms with van der Waals surface area (Å²) in [5.41, 5.74) is 0.352. The normalized spacial score (nSPS) is 11.8. The number of nitrogens with one attached hydrogen (secondary N) is 2. The summed E-state index contributed by atoms with van der Waals surface area (Å²) in [6.45, 7) is 2.22. The van der Waals surface area contributed by atoms with E-state index in [0.717, 1.165) is 0 Å². The van der Waals surface area contributed by atoms with Crippen molar-refractivity contribution in [2.24, 2.45) is 0 Å². The van der Waals surface area contributed by atoms with Gasteiger partial charge in [-0.1, -0.05) is 17.7 Å². The van der Waals surface area contributed by atoms with E-state index in [2.05, 4.69) is 20.6 Å². The highest BCUT2D eigenvalue weighted by Gasteiger charge is 2.24. The first kappa shape index (κ1) is 16.9. The van der Waals surface area contributed by atoms with Crippen LogP contribution in [0.1, 0.15) is 6.92 Å². The third kappa shape index (κ3) is 4.51. The van der Waals surface area contributed by atoms with Crippen LogP contribution in [-0.2, 0) is 4.74 Å². The van der Waals surface area contributed by atoms with Crippen molar-refractivity contribution in [2.45, 2.75) is 13.0 Å². The second-order valence-electron chi connectivity index (χ2n) is 4.81. The Hall–Kier alpha value is -2.45. The Morgan fingerprint density at radius 1 is 1.39 bits per heavy atom. The number of aromatic nitrogens is 2.